The van der Waals surface area contributed by atoms with Crippen LogP contribution in [0.4, 0.5) is 5.69 Å². The first-order valence-electron chi connectivity index (χ1n) is 13.6. The van der Waals surface area contributed by atoms with E-state index in [9.17, 15) is 13.2 Å². The summed E-state index contributed by atoms with van der Waals surface area (Å²) >= 11 is 0. The summed E-state index contributed by atoms with van der Waals surface area (Å²) in [6.07, 6.45) is 1.65. The number of benzene rings is 3. The molecule has 210 valence electrons. The van der Waals surface area contributed by atoms with Gasteiger partial charge in [0.1, 0.15) is 5.75 Å². The van der Waals surface area contributed by atoms with Crippen molar-refractivity contribution in [3.8, 4) is 17.2 Å². The van der Waals surface area contributed by atoms with Gasteiger partial charge in [0.2, 0.25) is 6.79 Å². The molecule has 1 fully saturated rings. The Kier molecular flexibility index (Phi) is 7.29. The van der Waals surface area contributed by atoms with Gasteiger partial charge in [-0.1, -0.05) is 24.3 Å². The normalized spacial score (nSPS) is 17.0. The summed E-state index contributed by atoms with van der Waals surface area (Å²) in [5.41, 5.74) is 3.61. The Balaban J connectivity index is 1.03. The van der Waals surface area contributed by atoms with Gasteiger partial charge in [0.05, 0.1) is 10.6 Å². The fourth-order valence-electron chi connectivity index (χ4n) is 5.50. The van der Waals surface area contributed by atoms with Crippen LogP contribution in [0.3, 0.4) is 0 Å². The molecule has 0 spiro atoms. The summed E-state index contributed by atoms with van der Waals surface area (Å²) in [6, 6.07) is 18.5. The van der Waals surface area contributed by atoms with Crippen molar-refractivity contribution >= 4 is 21.6 Å². The van der Waals surface area contributed by atoms with Crippen LogP contribution < -0.4 is 18.5 Å². The highest BCUT2D eigenvalue weighted by molar-refractivity contribution is 7.92. The van der Waals surface area contributed by atoms with Crippen molar-refractivity contribution < 1.29 is 27.4 Å². The van der Waals surface area contributed by atoms with Crippen LogP contribution >= 0.6 is 0 Å². The van der Waals surface area contributed by atoms with Crippen LogP contribution in [0.1, 0.15) is 23.1 Å². The molecule has 0 bridgehead atoms. The number of carbonyl (C=O) groups is 1. The maximum atomic E-state index is 13.5. The number of para-hydroxylation sites is 1. The van der Waals surface area contributed by atoms with Crippen LogP contribution in [-0.4, -0.2) is 70.2 Å². The number of ether oxygens (including phenoxy) is 3. The van der Waals surface area contributed by atoms with Crippen LogP contribution in [-0.2, 0) is 27.8 Å². The first-order chi connectivity index (χ1) is 19.4. The van der Waals surface area contributed by atoms with Crippen molar-refractivity contribution in [2.75, 3.05) is 50.4 Å². The third kappa shape index (κ3) is 5.33. The SMILES string of the molecule is Cc1cc(S(=O)(=O)N2CCCc3ccccc32)ccc1OCC(=O)N1CCN(Cc2ccc3c(c2)OCO3)CC1. The number of carbonyl (C=O) groups excluding carboxylic acids is 1. The van der Waals surface area contributed by atoms with E-state index >= 15 is 0 Å². The molecule has 1 saturated heterocycles. The van der Waals surface area contributed by atoms with Crippen molar-refractivity contribution in [2.45, 2.75) is 31.2 Å². The molecule has 10 heteroatoms. The van der Waals surface area contributed by atoms with Gasteiger partial charge in [-0.15, -0.1) is 0 Å². The first-order valence-corrected chi connectivity index (χ1v) is 15.1. The minimum Gasteiger partial charge on any atom is -0.483 e. The fraction of sp³-hybridized carbons (Fsp3) is 0.367. The molecule has 3 aliphatic heterocycles. The molecule has 3 aliphatic rings. The number of nitrogens with zero attached hydrogens (tertiary/aromatic N) is 3. The third-order valence-electron chi connectivity index (χ3n) is 7.72. The number of hydrogen-bond acceptors (Lipinski definition) is 7. The molecule has 6 rings (SSSR count). The Bertz CT molecular complexity index is 1520. The van der Waals surface area contributed by atoms with E-state index in [-0.39, 0.29) is 24.2 Å². The molecule has 0 atom stereocenters. The molecule has 9 nitrogen and oxygen atoms in total. The third-order valence-corrected chi connectivity index (χ3v) is 9.53. The average Bonchev–Trinajstić information content (AvgIpc) is 3.44. The zero-order valence-corrected chi connectivity index (χ0v) is 23.4. The molecular weight excluding hydrogens is 530 g/mol. The van der Waals surface area contributed by atoms with Crippen LogP contribution in [0, 0.1) is 6.92 Å². The molecule has 0 unspecified atom stereocenters. The van der Waals surface area contributed by atoms with Crippen molar-refractivity contribution in [2.24, 2.45) is 0 Å². The number of anilines is 1. The minimum absolute atomic E-state index is 0.0799. The molecular formula is C30H33N3O6S. The zero-order chi connectivity index (χ0) is 27.7. The van der Waals surface area contributed by atoms with Gasteiger partial charge >= 0.3 is 0 Å². The van der Waals surface area contributed by atoms with Crippen LogP contribution in [0.25, 0.3) is 0 Å². The number of hydrogen-bond donors (Lipinski definition) is 0. The Morgan fingerprint density at radius 2 is 1.73 bits per heavy atom. The van der Waals surface area contributed by atoms with Crippen LogP contribution in [0.2, 0.25) is 0 Å². The predicted molar refractivity (Wildman–Crippen MR) is 150 cm³/mol. The minimum atomic E-state index is -3.71. The summed E-state index contributed by atoms with van der Waals surface area (Å²) in [6.45, 7) is 6.00. The molecule has 0 aliphatic carbocycles. The Labute approximate surface area is 234 Å². The van der Waals surface area contributed by atoms with Gasteiger partial charge in [-0.3, -0.25) is 14.0 Å². The van der Waals surface area contributed by atoms with Gasteiger partial charge in [0.25, 0.3) is 15.9 Å². The second-order valence-electron chi connectivity index (χ2n) is 10.4. The lowest BCUT2D eigenvalue weighted by Gasteiger charge is -2.34. The van der Waals surface area contributed by atoms with Gasteiger partial charge in [-0.25, -0.2) is 8.42 Å². The predicted octanol–water partition coefficient (Wildman–Crippen LogP) is 3.59. The van der Waals surface area contributed by atoms with Crippen LogP contribution in [0.15, 0.2) is 65.6 Å². The summed E-state index contributed by atoms with van der Waals surface area (Å²) in [5, 5.41) is 0. The van der Waals surface area contributed by atoms with Gasteiger partial charge in [-0.05, 0) is 72.9 Å². The maximum absolute atomic E-state index is 13.5. The van der Waals surface area contributed by atoms with Crippen molar-refractivity contribution in [3.63, 3.8) is 0 Å². The number of amides is 1. The molecule has 3 aromatic rings. The zero-order valence-electron chi connectivity index (χ0n) is 22.5. The summed E-state index contributed by atoms with van der Waals surface area (Å²) in [7, 11) is -3.71. The van der Waals surface area contributed by atoms with Crippen molar-refractivity contribution in [1.82, 2.24) is 9.80 Å². The second kappa shape index (κ2) is 11.0. The van der Waals surface area contributed by atoms with E-state index in [1.165, 1.54) is 4.31 Å². The second-order valence-corrected chi connectivity index (χ2v) is 12.2. The molecule has 40 heavy (non-hydrogen) atoms. The van der Waals surface area contributed by atoms with Gasteiger partial charge < -0.3 is 19.1 Å². The molecule has 0 saturated carbocycles. The van der Waals surface area contributed by atoms with E-state index in [1.54, 1.807) is 25.1 Å². The quantitative estimate of drug-likeness (QED) is 0.434. The Morgan fingerprint density at radius 3 is 2.55 bits per heavy atom. The molecule has 0 radical (unpaired) electrons. The molecule has 1 amide bonds. The smallest absolute Gasteiger partial charge is 0.264 e. The molecule has 3 heterocycles. The Hall–Kier alpha value is -3.76. The lowest BCUT2D eigenvalue weighted by molar-refractivity contribution is -0.135. The lowest BCUT2D eigenvalue weighted by Crippen LogP contribution is -2.49. The summed E-state index contributed by atoms with van der Waals surface area (Å²) in [4.78, 5) is 17.2. The maximum Gasteiger partial charge on any atom is 0.264 e. The highest BCUT2D eigenvalue weighted by Gasteiger charge is 2.29. The number of piperazine rings is 1. The van der Waals surface area contributed by atoms with Crippen molar-refractivity contribution in [1.29, 1.82) is 0 Å². The monoisotopic (exact) mass is 563 g/mol. The van der Waals surface area contributed by atoms with E-state index < -0.39 is 10.0 Å². The van der Waals surface area contributed by atoms with Gasteiger partial charge in [0, 0.05) is 39.3 Å². The van der Waals surface area contributed by atoms with Gasteiger partial charge in [-0.2, -0.15) is 0 Å². The van der Waals surface area contributed by atoms with E-state index in [0.29, 0.717) is 30.9 Å². The summed E-state index contributed by atoms with van der Waals surface area (Å²) < 4.78 is 45.2. The number of aryl methyl sites for hydroxylation is 2. The topological polar surface area (TPSA) is 88.6 Å². The van der Waals surface area contributed by atoms with Crippen molar-refractivity contribution in [3.05, 3.63) is 77.4 Å². The van der Waals surface area contributed by atoms with E-state index in [2.05, 4.69) is 4.90 Å². The number of rotatable bonds is 7. The van der Waals surface area contributed by atoms with Crippen LogP contribution in [0.5, 0.6) is 17.2 Å². The molecule has 0 aromatic heterocycles. The Morgan fingerprint density at radius 1 is 0.925 bits per heavy atom. The standard InChI is InChI=1S/C30H33N3O6S/c1-22-17-25(40(35,36)33-12-4-6-24-5-2-3-7-26(24)33)9-11-27(22)37-20-30(34)32-15-13-31(14-16-32)19-23-8-10-28-29(18-23)39-21-38-28/h2-3,5,7-11,17-18H,4,6,12-16,19-21H2,1H3. The number of fused-ring (bicyclic) bond motifs is 2. The summed E-state index contributed by atoms with van der Waals surface area (Å²) in [5.74, 6) is 1.98. The fourth-order valence-corrected chi connectivity index (χ4v) is 7.13. The van der Waals surface area contributed by atoms with E-state index in [4.69, 9.17) is 14.2 Å². The van der Waals surface area contributed by atoms with E-state index in [1.807, 2.05) is 47.4 Å². The molecule has 3 aromatic carbocycles. The lowest BCUT2D eigenvalue weighted by atomic mass is 10.0. The van der Waals surface area contributed by atoms with E-state index in [0.717, 1.165) is 60.8 Å². The molecule has 0 N–H and O–H groups in total. The highest BCUT2D eigenvalue weighted by atomic mass is 32.2. The van der Waals surface area contributed by atoms with Gasteiger partial charge in [0.15, 0.2) is 18.1 Å². The highest BCUT2D eigenvalue weighted by Crippen LogP contribution is 2.34. The average molecular weight is 564 g/mol. The largest absolute Gasteiger partial charge is 0.483 e. The number of sulfonamides is 1. The first kappa shape index (κ1) is 26.5.